The van der Waals surface area contributed by atoms with Crippen LogP contribution in [0, 0.1) is 0 Å². The lowest BCUT2D eigenvalue weighted by Gasteiger charge is -2.33. The molecule has 0 saturated carbocycles. The van der Waals surface area contributed by atoms with Gasteiger partial charge in [-0.15, -0.1) is 0 Å². The zero-order valence-electron chi connectivity index (χ0n) is 12.9. The van der Waals surface area contributed by atoms with Crippen LogP contribution in [0.1, 0.15) is 41.4 Å². The molecule has 2 aromatic heterocycles. The first-order chi connectivity index (χ1) is 11.2. The molecule has 2 aromatic rings. The van der Waals surface area contributed by atoms with Gasteiger partial charge in [0.1, 0.15) is 10.9 Å². The molecule has 1 amide bonds. The monoisotopic (exact) mass is 333 g/mol. The maximum absolute atomic E-state index is 12.3. The minimum absolute atomic E-state index is 0.0616. The summed E-state index contributed by atoms with van der Waals surface area (Å²) in [6.07, 6.45) is 6.85. The van der Waals surface area contributed by atoms with Gasteiger partial charge in [-0.25, -0.2) is 4.98 Å². The number of nitrogens with one attached hydrogen (secondary N) is 1. The van der Waals surface area contributed by atoms with E-state index in [4.69, 9.17) is 16.0 Å². The summed E-state index contributed by atoms with van der Waals surface area (Å²) in [5.41, 5.74) is 0.516. The summed E-state index contributed by atoms with van der Waals surface area (Å²) in [7, 11) is 0. The van der Waals surface area contributed by atoms with Crippen LogP contribution in [-0.2, 0) is 0 Å². The van der Waals surface area contributed by atoms with Crippen LogP contribution in [0.3, 0.4) is 0 Å². The first-order valence-electron chi connectivity index (χ1n) is 7.91. The molecule has 1 atom stereocenters. The highest BCUT2D eigenvalue weighted by Crippen LogP contribution is 2.24. The number of piperidine rings is 1. The Kier molecular flexibility index (Phi) is 5.31. The molecule has 5 nitrogen and oxygen atoms in total. The molecule has 1 saturated heterocycles. The third-order valence-corrected chi connectivity index (χ3v) is 4.35. The van der Waals surface area contributed by atoms with E-state index in [1.807, 2.05) is 12.1 Å². The van der Waals surface area contributed by atoms with E-state index in [9.17, 15) is 4.79 Å². The number of pyridine rings is 1. The lowest BCUT2D eigenvalue weighted by atomic mass is 10.1. The van der Waals surface area contributed by atoms with E-state index in [1.54, 1.807) is 18.4 Å². The normalized spacial score (nSPS) is 16.9. The molecule has 1 aliphatic rings. The van der Waals surface area contributed by atoms with E-state index in [-0.39, 0.29) is 11.9 Å². The van der Waals surface area contributed by atoms with Gasteiger partial charge < -0.3 is 9.73 Å². The summed E-state index contributed by atoms with van der Waals surface area (Å²) < 4.78 is 5.58. The number of halogens is 1. The van der Waals surface area contributed by atoms with Crippen LogP contribution >= 0.6 is 11.6 Å². The Balaban J connectivity index is 1.67. The third-order valence-electron chi connectivity index (χ3n) is 4.15. The van der Waals surface area contributed by atoms with Crippen LogP contribution < -0.4 is 5.32 Å². The Morgan fingerprint density at radius 1 is 1.35 bits per heavy atom. The average Bonchev–Trinajstić information content (AvgIpc) is 3.10. The zero-order valence-corrected chi connectivity index (χ0v) is 13.6. The van der Waals surface area contributed by atoms with Gasteiger partial charge in [-0.2, -0.15) is 0 Å². The number of aromatic nitrogens is 1. The minimum Gasteiger partial charge on any atom is -0.468 e. The molecule has 122 valence electrons. The lowest BCUT2D eigenvalue weighted by molar-refractivity contribution is 0.0914. The quantitative estimate of drug-likeness (QED) is 0.853. The van der Waals surface area contributed by atoms with Crippen molar-refractivity contribution in [3.05, 3.63) is 53.2 Å². The molecule has 0 bridgehead atoms. The molecule has 0 radical (unpaired) electrons. The second kappa shape index (κ2) is 7.62. The van der Waals surface area contributed by atoms with E-state index in [0.717, 1.165) is 18.8 Å². The van der Waals surface area contributed by atoms with Crippen molar-refractivity contribution in [2.24, 2.45) is 0 Å². The van der Waals surface area contributed by atoms with Gasteiger partial charge in [0.05, 0.1) is 12.3 Å². The summed E-state index contributed by atoms with van der Waals surface area (Å²) in [5, 5.41) is 3.30. The highest BCUT2D eigenvalue weighted by molar-refractivity contribution is 6.29. The smallest absolute Gasteiger partial charge is 0.251 e. The number of hydrogen-bond donors (Lipinski definition) is 1. The van der Waals surface area contributed by atoms with Crippen molar-refractivity contribution in [2.75, 3.05) is 19.6 Å². The molecule has 3 heterocycles. The van der Waals surface area contributed by atoms with Gasteiger partial charge in [0, 0.05) is 18.3 Å². The van der Waals surface area contributed by atoms with E-state index in [0.29, 0.717) is 17.3 Å². The molecule has 6 heteroatoms. The molecule has 1 N–H and O–H groups in total. The van der Waals surface area contributed by atoms with Crippen LogP contribution in [0.4, 0.5) is 0 Å². The van der Waals surface area contributed by atoms with E-state index < -0.39 is 0 Å². The number of hydrogen-bond acceptors (Lipinski definition) is 4. The van der Waals surface area contributed by atoms with Gasteiger partial charge in [0.2, 0.25) is 0 Å². The van der Waals surface area contributed by atoms with Crippen molar-refractivity contribution in [2.45, 2.75) is 25.3 Å². The van der Waals surface area contributed by atoms with Crippen molar-refractivity contribution in [3.8, 4) is 0 Å². The highest BCUT2D eigenvalue weighted by Gasteiger charge is 2.25. The number of nitrogens with zero attached hydrogens (tertiary/aromatic N) is 2. The van der Waals surface area contributed by atoms with Gasteiger partial charge in [-0.05, 0) is 50.2 Å². The molecular formula is C17H20ClN3O2. The Morgan fingerprint density at radius 3 is 2.87 bits per heavy atom. The van der Waals surface area contributed by atoms with Crippen molar-refractivity contribution < 1.29 is 9.21 Å². The number of carbonyl (C=O) groups is 1. The third kappa shape index (κ3) is 4.12. The molecule has 1 fully saturated rings. The second-order valence-corrected chi connectivity index (χ2v) is 6.09. The van der Waals surface area contributed by atoms with Crippen LogP contribution in [-0.4, -0.2) is 35.4 Å². The number of rotatable bonds is 5. The predicted molar refractivity (Wildman–Crippen MR) is 88.5 cm³/mol. The standard InChI is InChI=1S/C17H20ClN3O2/c18-16-11-13(6-7-19-16)17(22)20-12-14(15-5-4-10-23-15)21-8-2-1-3-9-21/h4-7,10-11,14H,1-3,8-9,12H2,(H,20,22). The molecule has 23 heavy (non-hydrogen) atoms. The summed E-state index contributed by atoms with van der Waals surface area (Å²) in [6.45, 7) is 2.57. The van der Waals surface area contributed by atoms with Gasteiger partial charge >= 0.3 is 0 Å². The zero-order chi connectivity index (χ0) is 16.1. The topological polar surface area (TPSA) is 58.4 Å². The molecule has 0 spiro atoms. The van der Waals surface area contributed by atoms with E-state index >= 15 is 0 Å². The second-order valence-electron chi connectivity index (χ2n) is 5.71. The van der Waals surface area contributed by atoms with Crippen molar-refractivity contribution in [1.82, 2.24) is 15.2 Å². The molecule has 0 aromatic carbocycles. The van der Waals surface area contributed by atoms with Gasteiger partial charge in [0.15, 0.2) is 0 Å². The summed E-state index contributed by atoms with van der Waals surface area (Å²) in [5.74, 6) is 0.739. The largest absolute Gasteiger partial charge is 0.468 e. The molecular weight excluding hydrogens is 314 g/mol. The van der Waals surface area contributed by atoms with Gasteiger partial charge in [-0.1, -0.05) is 18.0 Å². The lowest BCUT2D eigenvalue weighted by Crippen LogP contribution is -2.40. The van der Waals surface area contributed by atoms with Crippen molar-refractivity contribution in [3.63, 3.8) is 0 Å². The van der Waals surface area contributed by atoms with Crippen molar-refractivity contribution >= 4 is 17.5 Å². The highest BCUT2D eigenvalue weighted by atomic mass is 35.5. The van der Waals surface area contributed by atoms with E-state index in [1.165, 1.54) is 25.5 Å². The molecule has 3 rings (SSSR count). The number of furan rings is 1. The Hall–Kier alpha value is -1.85. The Bertz CT molecular complexity index is 639. The summed E-state index contributed by atoms with van der Waals surface area (Å²) >= 11 is 5.84. The molecule has 1 unspecified atom stereocenters. The first-order valence-corrected chi connectivity index (χ1v) is 8.29. The summed E-state index contributed by atoms with van der Waals surface area (Å²) in [6, 6.07) is 7.14. The van der Waals surface area contributed by atoms with E-state index in [2.05, 4.69) is 15.2 Å². The van der Waals surface area contributed by atoms with Crippen LogP contribution in [0.2, 0.25) is 5.15 Å². The van der Waals surface area contributed by atoms with Crippen LogP contribution in [0.15, 0.2) is 41.1 Å². The SMILES string of the molecule is O=C(NCC(c1ccco1)N1CCCCC1)c1ccnc(Cl)c1. The van der Waals surface area contributed by atoms with Gasteiger partial charge in [-0.3, -0.25) is 9.69 Å². The fraction of sp³-hybridized carbons (Fsp3) is 0.412. The number of likely N-dealkylation sites (tertiary alicyclic amines) is 1. The maximum Gasteiger partial charge on any atom is 0.251 e. The average molecular weight is 334 g/mol. The predicted octanol–water partition coefficient (Wildman–Crippen LogP) is 3.29. The van der Waals surface area contributed by atoms with Crippen LogP contribution in [0.25, 0.3) is 0 Å². The maximum atomic E-state index is 12.3. The van der Waals surface area contributed by atoms with Crippen molar-refractivity contribution in [1.29, 1.82) is 0 Å². The molecule has 0 aliphatic carbocycles. The molecule has 1 aliphatic heterocycles. The van der Waals surface area contributed by atoms with Gasteiger partial charge in [0.25, 0.3) is 5.91 Å². The Labute approximate surface area is 140 Å². The fourth-order valence-corrected chi connectivity index (χ4v) is 3.13. The Morgan fingerprint density at radius 2 is 2.17 bits per heavy atom. The minimum atomic E-state index is -0.150. The summed E-state index contributed by atoms with van der Waals surface area (Å²) in [4.78, 5) is 18.6. The first kappa shape index (κ1) is 16.0. The van der Waals surface area contributed by atoms with Crippen LogP contribution in [0.5, 0.6) is 0 Å². The fourth-order valence-electron chi connectivity index (χ4n) is 2.96. The number of carbonyl (C=O) groups excluding carboxylic acids is 1. The number of amides is 1.